The van der Waals surface area contributed by atoms with Gasteiger partial charge in [0.2, 0.25) is 5.91 Å². The highest BCUT2D eigenvalue weighted by molar-refractivity contribution is 6.30. The molecule has 0 radical (unpaired) electrons. The highest BCUT2D eigenvalue weighted by Gasteiger charge is 2.36. The van der Waals surface area contributed by atoms with E-state index in [-0.39, 0.29) is 18.3 Å². The van der Waals surface area contributed by atoms with Crippen molar-refractivity contribution >= 4 is 29.2 Å². The maximum Gasteiger partial charge on any atom is 0.316 e. The summed E-state index contributed by atoms with van der Waals surface area (Å²) in [5.41, 5.74) is 2.69. The average Bonchev–Trinajstić information content (AvgIpc) is 2.94. The molecule has 1 aliphatic rings. The molecule has 2 aromatic rings. The summed E-state index contributed by atoms with van der Waals surface area (Å²) in [7, 11) is 0. The van der Waals surface area contributed by atoms with Gasteiger partial charge in [-0.3, -0.25) is 9.59 Å². The molecule has 0 spiro atoms. The lowest BCUT2D eigenvalue weighted by molar-refractivity contribution is -0.139. The van der Waals surface area contributed by atoms with Gasteiger partial charge >= 0.3 is 5.97 Å². The van der Waals surface area contributed by atoms with Crippen LogP contribution in [-0.4, -0.2) is 18.4 Å². The molecule has 3 rings (SSSR count). The summed E-state index contributed by atoms with van der Waals surface area (Å²) in [4.78, 5) is 26.3. The molecule has 1 atom stereocenters. The van der Waals surface area contributed by atoms with Crippen molar-refractivity contribution in [3.05, 3.63) is 58.6 Å². The quantitative estimate of drug-likeness (QED) is 0.627. The van der Waals surface area contributed by atoms with Gasteiger partial charge in [0.15, 0.2) is 0 Å². The van der Waals surface area contributed by atoms with Crippen molar-refractivity contribution in [3.63, 3.8) is 0 Å². The number of anilines is 1. The van der Waals surface area contributed by atoms with E-state index in [1.165, 1.54) is 0 Å². The summed E-state index contributed by atoms with van der Waals surface area (Å²) in [6, 6.07) is 12.6. The molecule has 0 aliphatic carbocycles. The van der Waals surface area contributed by atoms with E-state index in [2.05, 4.69) is 0 Å². The van der Waals surface area contributed by atoms with Crippen LogP contribution >= 0.6 is 11.6 Å². The molecule has 124 valence electrons. The summed E-state index contributed by atoms with van der Waals surface area (Å²) in [5, 5.41) is 0.557. The van der Waals surface area contributed by atoms with Gasteiger partial charge in [-0.2, -0.15) is 0 Å². The van der Waals surface area contributed by atoms with E-state index in [4.69, 9.17) is 16.3 Å². The molecule has 24 heavy (non-hydrogen) atoms. The van der Waals surface area contributed by atoms with Gasteiger partial charge in [0.1, 0.15) is 5.75 Å². The Balaban J connectivity index is 1.73. The Bertz CT molecular complexity index is 803. The monoisotopic (exact) mass is 343 g/mol. The minimum Gasteiger partial charge on any atom is -0.426 e. The van der Waals surface area contributed by atoms with E-state index in [1.807, 2.05) is 32.0 Å². The van der Waals surface area contributed by atoms with Crippen molar-refractivity contribution < 1.29 is 14.3 Å². The molecule has 1 fully saturated rings. The Morgan fingerprint density at radius 3 is 2.71 bits per heavy atom. The standard InChI is InChI=1S/C19H18ClNO3/c1-12-5-3-8-17(13(12)2)24-19(23)14-9-18(22)21(11-14)16-7-4-6-15(20)10-16/h3-8,10,14H,9,11H2,1-2H3/t14-/m1/s1. The number of hydrogen-bond acceptors (Lipinski definition) is 3. The lowest BCUT2D eigenvalue weighted by Gasteiger charge is -2.17. The van der Waals surface area contributed by atoms with Gasteiger partial charge in [0.25, 0.3) is 0 Å². The Hall–Kier alpha value is -2.33. The zero-order chi connectivity index (χ0) is 17.3. The summed E-state index contributed by atoms with van der Waals surface area (Å²) in [6.45, 7) is 4.19. The molecule has 0 bridgehead atoms. The summed E-state index contributed by atoms with van der Waals surface area (Å²) in [6.07, 6.45) is 0.149. The smallest absolute Gasteiger partial charge is 0.316 e. The maximum absolute atomic E-state index is 12.4. The molecule has 1 heterocycles. The maximum atomic E-state index is 12.4. The summed E-state index contributed by atoms with van der Waals surface area (Å²) >= 11 is 5.98. The largest absolute Gasteiger partial charge is 0.426 e. The molecule has 0 saturated carbocycles. The molecule has 5 heteroatoms. The van der Waals surface area contributed by atoms with E-state index < -0.39 is 5.92 Å². The van der Waals surface area contributed by atoms with Crippen molar-refractivity contribution in [2.24, 2.45) is 5.92 Å². The summed E-state index contributed by atoms with van der Waals surface area (Å²) in [5.74, 6) is -0.396. The van der Waals surface area contributed by atoms with Gasteiger partial charge < -0.3 is 9.64 Å². The van der Waals surface area contributed by atoms with Crippen LogP contribution < -0.4 is 9.64 Å². The van der Waals surface area contributed by atoms with Gasteiger partial charge in [-0.25, -0.2) is 0 Å². The number of carbonyl (C=O) groups is 2. The lowest BCUT2D eigenvalue weighted by Crippen LogP contribution is -2.27. The first-order chi connectivity index (χ1) is 11.5. The number of carbonyl (C=O) groups excluding carboxylic acids is 2. The third kappa shape index (κ3) is 3.29. The topological polar surface area (TPSA) is 46.6 Å². The molecule has 0 unspecified atom stereocenters. The number of hydrogen-bond donors (Lipinski definition) is 0. The first-order valence-electron chi connectivity index (χ1n) is 7.79. The van der Waals surface area contributed by atoms with Crippen molar-refractivity contribution in [2.75, 3.05) is 11.4 Å². The highest BCUT2D eigenvalue weighted by Crippen LogP contribution is 2.29. The van der Waals surface area contributed by atoms with Crippen LogP contribution in [-0.2, 0) is 9.59 Å². The Labute approximate surface area is 146 Å². The summed E-state index contributed by atoms with van der Waals surface area (Å²) < 4.78 is 5.52. The lowest BCUT2D eigenvalue weighted by atomic mass is 10.1. The van der Waals surface area contributed by atoms with Gasteiger partial charge in [-0.15, -0.1) is 0 Å². The van der Waals surface area contributed by atoms with Crippen molar-refractivity contribution in [1.82, 2.24) is 0 Å². The number of benzene rings is 2. The zero-order valence-corrected chi connectivity index (χ0v) is 14.3. The second-order valence-corrected chi connectivity index (χ2v) is 6.44. The molecule has 4 nitrogen and oxygen atoms in total. The normalized spacial score (nSPS) is 17.2. The number of rotatable bonds is 3. The molecule has 1 aliphatic heterocycles. The number of halogens is 1. The van der Waals surface area contributed by atoms with E-state index >= 15 is 0 Å². The SMILES string of the molecule is Cc1cccc(OC(=O)[C@@H]2CC(=O)N(c3cccc(Cl)c3)C2)c1C. The molecule has 0 aromatic heterocycles. The van der Waals surface area contributed by atoms with Gasteiger partial charge in [-0.05, 0) is 49.2 Å². The first-order valence-corrected chi connectivity index (χ1v) is 8.17. The van der Waals surface area contributed by atoms with Crippen LogP contribution in [0.2, 0.25) is 5.02 Å². The van der Waals surface area contributed by atoms with Crippen molar-refractivity contribution in [3.8, 4) is 5.75 Å². The Morgan fingerprint density at radius 1 is 1.21 bits per heavy atom. The van der Waals surface area contributed by atoms with Crippen molar-refractivity contribution in [2.45, 2.75) is 20.3 Å². The van der Waals surface area contributed by atoms with Crippen molar-refractivity contribution in [1.29, 1.82) is 0 Å². The van der Waals surface area contributed by atoms with E-state index in [1.54, 1.807) is 29.2 Å². The third-order valence-electron chi connectivity index (χ3n) is 4.34. The second-order valence-electron chi connectivity index (χ2n) is 6.00. The van der Waals surface area contributed by atoms with Crippen LogP contribution in [0.3, 0.4) is 0 Å². The molecule has 0 N–H and O–H groups in total. The molecular weight excluding hydrogens is 326 g/mol. The Morgan fingerprint density at radius 2 is 1.96 bits per heavy atom. The van der Waals surface area contributed by atoms with E-state index in [0.29, 0.717) is 23.0 Å². The fourth-order valence-electron chi connectivity index (χ4n) is 2.79. The minimum atomic E-state index is -0.476. The van der Waals surface area contributed by atoms with Crippen LogP contribution in [0.1, 0.15) is 17.5 Å². The number of ether oxygens (including phenoxy) is 1. The number of aryl methyl sites for hydroxylation is 1. The number of nitrogens with zero attached hydrogens (tertiary/aromatic N) is 1. The van der Waals surface area contributed by atoms with E-state index in [9.17, 15) is 9.59 Å². The predicted octanol–water partition coefficient (Wildman–Crippen LogP) is 3.92. The van der Waals surface area contributed by atoms with Gasteiger partial charge in [-0.1, -0.05) is 29.8 Å². The van der Waals surface area contributed by atoms with Crippen LogP contribution in [0.15, 0.2) is 42.5 Å². The van der Waals surface area contributed by atoms with Crippen LogP contribution in [0, 0.1) is 19.8 Å². The third-order valence-corrected chi connectivity index (χ3v) is 4.58. The van der Waals surface area contributed by atoms with E-state index in [0.717, 1.165) is 11.1 Å². The van der Waals surface area contributed by atoms with Gasteiger partial charge in [0, 0.05) is 23.7 Å². The van der Waals surface area contributed by atoms with Crippen LogP contribution in [0.25, 0.3) is 0 Å². The fraction of sp³-hybridized carbons (Fsp3) is 0.263. The zero-order valence-electron chi connectivity index (χ0n) is 13.6. The molecule has 2 aromatic carbocycles. The van der Waals surface area contributed by atoms with Crippen LogP contribution in [0.4, 0.5) is 5.69 Å². The Kier molecular flexibility index (Phi) is 4.58. The second kappa shape index (κ2) is 6.65. The number of esters is 1. The average molecular weight is 344 g/mol. The molecule has 1 saturated heterocycles. The first kappa shape index (κ1) is 16.5. The van der Waals surface area contributed by atoms with Gasteiger partial charge in [0.05, 0.1) is 5.92 Å². The highest BCUT2D eigenvalue weighted by atomic mass is 35.5. The minimum absolute atomic E-state index is 0.0971. The molecule has 1 amide bonds. The van der Waals surface area contributed by atoms with Crippen LogP contribution in [0.5, 0.6) is 5.75 Å². The predicted molar refractivity (Wildman–Crippen MR) is 93.5 cm³/mol. The molecular formula is C19H18ClNO3. The number of amides is 1. The fourth-order valence-corrected chi connectivity index (χ4v) is 2.97.